The molecule has 0 atom stereocenters. The van der Waals surface area contributed by atoms with Crippen molar-refractivity contribution in [2.24, 2.45) is 0 Å². The third-order valence-corrected chi connectivity index (χ3v) is 6.76. The number of carbonyl (C=O) groups is 1. The number of methoxy groups -OCH3 is 1. The molecule has 3 aromatic heterocycles. The summed E-state index contributed by atoms with van der Waals surface area (Å²) in [6, 6.07) is 7.99. The van der Waals surface area contributed by atoms with Gasteiger partial charge in [-0.05, 0) is 31.0 Å². The molecule has 0 unspecified atom stereocenters. The Balaban J connectivity index is 1.27. The van der Waals surface area contributed by atoms with Gasteiger partial charge in [0, 0.05) is 54.5 Å². The molecule has 40 heavy (non-hydrogen) atoms. The number of amides is 2. The summed E-state index contributed by atoms with van der Waals surface area (Å²) in [6.45, 7) is 5.02. The maximum atomic E-state index is 12.4. The molecular formula is C27H29F3N8O2. The fraction of sp³-hybridized carbons (Fsp3) is 0.333. The van der Waals surface area contributed by atoms with Crippen LogP contribution in [0, 0.1) is 0 Å². The van der Waals surface area contributed by atoms with Crippen LogP contribution in [-0.2, 0) is 4.74 Å². The molecule has 5 rings (SSSR count). The molecule has 1 aliphatic heterocycles. The number of fused-ring (bicyclic) bond motifs is 1. The van der Waals surface area contributed by atoms with Crippen LogP contribution in [0.2, 0.25) is 0 Å². The van der Waals surface area contributed by atoms with E-state index >= 15 is 0 Å². The number of hydrogen-bond donors (Lipinski definition) is 2. The Kier molecular flexibility index (Phi) is 7.74. The molecule has 1 aromatic carbocycles. The van der Waals surface area contributed by atoms with Crippen molar-refractivity contribution in [3.8, 4) is 22.4 Å². The highest BCUT2D eigenvalue weighted by Gasteiger charge is 2.27. The standard InChI is InChI=1S/C27H29F3N8O2/c1-18(16-40-2)36-8-6-23(7-9-36)37-15-21(13-33-37)20-11-25-31-14-24(38(25)34-12-20)19-4-3-5-22(10-19)35-26(39)32-17-27(28,29)30/h3-5,10-15,23H,1,6-9,16-17H2,2H3,(H2,32,35,39). The average Bonchev–Trinajstić information content (AvgIpc) is 3.59. The Bertz CT molecular complexity index is 1500. The molecule has 1 saturated heterocycles. The normalized spacial score (nSPS) is 14.4. The van der Waals surface area contributed by atoms with Crippen LogP contribution in [0.5, 0.6) is 0 Å². The number of benzene rings is 1. The number of alkyl halides is 3. The molecule has 0 spiro atoms. The molecule has 0 saturated carbocycles. The number of anilines is 1. The summed E-state index contributed by atoms with van der Waals surface area (Å²) in [7, 11) is 1.67. The van der Waals surface area contributed by atoms with Crippen LogP contribution in [0.1, 0.15) is 18.9 Å². The van der Waals surface area contributed by atoms with Gasteiger partial charge in [0.1, 0.15) is 6.54 Å². The molecule has 1 aliphatic rings. The van der Waals surface area contributed by atoms with Gasteiger partial charge < -0.3 is 20.3 Å². The summed E-state index contributed by atoms with van der Waals surface area (Å²) in [6.07, 6.45) is 4.68. The van der Waals surface area contributed by atoms with E-state index in [4.69, 9.17) is 4.74 Å². The molecular weight excluding hydrogens is 525 g/mol. The lowest BCUT2D eigenvalue weighted by Crippen LogP contribution is -2.36. The summed E-state index contributed by atoms with van der Waals surface area (Å²) in [5, 5.41) is 13.4. The fourth-order valence-electron chi connectivity index (χ4n) is 4.73. The minimum Gasteiger partial charge on any atom is -0.379 e. The minimum absolute atomic E-state index is 0.298. The van der Waals surface area contributed by atoms with Crippen molar-refractivity contribution in [1.82, 2.24) is 34.6 Å². The van der Waals surface area contributed by atoms with Crippen LogP contribution < -0.4 is 10.6 Å². The summed E-state index contributed by atoms with van der Waals surface area (Å²) >= 11 is 0. The van der Waals surface area contributed by atoms with Gasteiger partial charge in [0.25, 0.3) is 0 Å². The van der Waals surface area contributed by atoms with Crippen molar-refractivity contribution in [2.45, 2.75) is 25.1 Å². The Labute approximate surface area is 228 Å². The fourth-order valence-corrected chi connectivity index (χ4v) is 4.73. The van der Waals surface area contributed by atoms with Crippen molar-refractivity contribution in [2.75, 3.05) is 38.7 Å². The van der Waals surface area contributed by atoms with Crippen molar-refractivity contribution in [3.05, 3.63) is 67.4 Å². The summed E-state index contributed by atoms with van der Waals surface area (Å²) in [5.41, 5.74) is 5.11. The summed E-state index contributed by atoms with van der Waals surface area (Å²) < 4.78 is 46.0. The first-order valence-corrected chi connectivity index (χ1v) is 12.7. The van der Waals surface area contributed by atoms with Crippen LogP contribution in [0.25, 0.3) is 28.0 Å². The first-order chi connectivity index (χ1) is 19.2. The Morgan fingerprint density at radius 3 is 2.62 bits per heavy atom. The lowest BCUT2D eigenvalue weighted by atomic mass is 10.0. The molecule has 210 valence electrons. The zero-order valence-electron chi connectivity index (χ0n) is 21.9. The SMILES string of the molecule is C=C(COC)N1CCC(n2cc(-c3cnn4c(-c5cccc(NC(=O)NCC(F)(F)F)c5)cnc4c3)cn2)CC1. The lowest BCUT2D eigenvalue weighted by molar-refractivity contribution is -0.122. The van der Waals surface area contributed by atoms with Crippen molar-refractivity contribution in [3.63, 3.8) is 0 Å². The Hall–Kier alpha value is -4.39. The number of imidazole rings is 1. The van der Waals surface area contributed by atoms with Gasteiger partial charge in [0.05, 0.1) is 36.9 Å². The topological polar surface area (TPSA) is 102 Å². The molecule has 10 nitrogen and oxygen atoms in total. The van der Waals surface area contributed by atoms with Gasteiger partial charge in [-0.15, -0.1) is 0 Å². The first kappa shape index (κ1) is 27.2. The number of rotatable bonds is 8. The highest BCUT2D eigenvalue weighted by Crippen LogP contribution is 2.28. The van der Waals surface area contributed by atoms with E-state index in [1.54, 1.807) is 53.6 Å². The van der Waals surface area contributed by atoms with Gasteiger partial charge in [0.15, 0.2) is 5.65 Å². The molecule has 1 fully saturated rings. The van der Waals surface area contributed by atoms with Crippen LogP contribution in [-0.4, -0.2) is 74.8 Å². The van der Waals surface area contributed by atoms with E-state index in [0.29, 0.717) is 35.2 Å². The predicted molar refractivity (Wildman–Crippen MR) is 144 cm³/mol. The van der Waals surface area contributed by atoms with Gasteiger partial charge in [0.2, 0.25) is 0 Å². The number of nitrogens with zero attached hydrogens (tertiary/aromatic N) is 6. The van der Waals surface area contributed by atoms with E-state index in [9.17, 15) is 18.0 Å². The second-order valence-electron chi connectivity index (χ2n) is 9.59. The number of ether oxygens (including phenoxy) is 1. The highest BCUT2D eigenvalue weighted by molar-refractivity contribution is 5.90. The van der Waals surface area contributed by atoms with Crippen LogP contribution in [0.3, 0.4) is 0 Å². The number of aromatic nitrogens is 5. The molecule has 4 aromatic rings. The predicted octanol–water partition coefficient (Wildman–Crippen LogP) is 4.74. The Morgan fingerprint density at radius 1 is 1.10 bits per heavy atom. The van der Waals surface area contributed by atoms with Crippen LogP contribution >= 0.6 is 0 Å². The number of carbonyl (C=O) groups excluding carboxylic acids is 1. The van der Waals surface area contributed by atoms with E-state index in [2.05, 4.69) is 32.0 Å². The number of hydrogen-bond acceptors (Lipinski definition) is 6. The number of likely N-dealkylation sites (tertiary alicyclic amines) is 1. The largest absolute Gasteiger partial charge is 0.405 e. The molecule has 0 radical (unpaired) electrons. The molecule has 2 amide bonds. The van der Waals surface area contributed by atoms with Gasteiger partial charge in [-0.3, -0.25) is 4.68 Å². The number of piperidine rings is 1. The highest BCUT2D eigenvalue weighted by atomic mass is 19.4. The monoisotopic (exact) mass is 554 g/mol. The first-order valence-electron chi connectivity index (χ1n) is 12.7. The van der Waals surface area contributed by atoms with Crippen molar-refractivity contribution < 1.29 is 22.7 Å². The average molecular weight is 555 g/mol. The van der Waals surface area contributed by atoms with E-state index < -0.39 is 18.8 Å². The maximum Gasteiger partial charge on any atom is 0.405 e. The second-order valence-corrected chi connectivity index (χ2v) is 9.59. The van der Waals surface area contributed by atoms with E-state index in [-0.39, 0.29) is 0 Å². The third kappa shape index (κ3) is 6.25. The number of nitrogens with one attached hydrogen (secondary N) is 2. The minimum atomic E-state index is -4.49. The van der Waals surface area contributed by atoms with Gasteiger partial charge in [-0.1, -0.05) is 18.7 Å². The smallest absolute Gasteiger partial charge is 0.379 e. The second kappa shape index (κ2) is 11.4. The van der Waals surface area contributed by atoms with E-state index in [1.807, 2.05) is 23.1 Å². The molecule has 2 N–H and O–H groups in total. The van der Waals surface area contributed by atoms with Gasteiger partial charge >= 0.3 is 12.2 Å². The maximum absolute atomic E-state index is 12.4. The van der Waals surface area contributed by atoms with E-state index in [0.717, 1.165) is 42.8 Å². The van der Waals surface area contributed by atoms with Crippen LogP contribution in [0.15, 0.2) is 67.4 Å². The number of halogens is 3. The van der Waals surface area contributed by atoms with E-state index in [1.165, 1.54) is 0 Å². The summed E-state index contributed by atoms with van der Waals surface area (Å²) in [4.78, 5) is 18.6. The Morgan fingerprint density at radius 2 is 1.88 bits per heavy atom. The molecule has 4 heterocycles. The van der Waals surface area contributed by atoms with Crippen LogP contribution in [0.4, 0.5) is 23.7 Å². The zero-order chi connectivity index (χ0) is 28.3. The molecule has 0 bridgehead atoms. The summed E-state index contributed by atoms with van der Waals surface area (Å²) in [5.74, 6) is 0. The van der Waals surface area contributed by atoms with Crippen molar-refractivity contribution >= 4 is 17.4 Å². The number of urea groups is 1. The molecule has 13 heteroatoms. The lowest BCUT2D eigenvalue weighted by Gasteiger charge is -2.34. The van der Waals surface area contributed by atoms with Gasteiger partial charge in [-0.25, -0.2) is 14.3 Å². The van der Waals surface area contributed by atoms with Crippen molar-refractivity contribution in [1.29, 1.82) is 0 Å². The third-order valence-electron chi connectivity index (χ3n) is 6.76. The zero-order valence-corrected chi connectivity index (χ0v) is 21.9. The molecule has 0 aliphatic carbocycles. The quantitative estimate of drug-likeness (QED) is 0.326. The van der Waals surface area contributed by atoms with Gasteiger partial charge in [-0.2, -0.15) is 23.4 Å².